The van der Waals surface area contributed by atoms with Crippen LogP contribution in [0.1, 0.15) is 5.56 Å². The molecule has 13 heavy (non-hydrogen) atoms. The molecule has 0 spiro atoms. The van der Waals surface area contributed by atoms with Crippen LogP contribution in [0.2, 0.25) is 0 Å². The molecule has 0 aliphatic rings. The summed E-state index contributed by atoms with van der Waals surface area (Å²) in [6.45, 7) is 0. The van der Waals surface area contributed by atoms with Gasteiger partial charge in [-0.05, 0) is 17.7 Å². The first-order chi connectivity index (χ1) is 6.04. The van der Waals surface area contributed by atoms with Crippen molar-refractivity contribution in [1.82, 2.24) is 0 Å². The van der Waals surface area contributed by atoms with E-state index in [2.05, 4.69) is 52.8 Å². The second kappa shape index (κ2) is 4.51. The van der Waals surface area contributed by atoms with Gasteiger partial charge >= 0.3 is 0 Å². The highest BCUT2D eigenvalue weighted by Crippen LogP contribution is 2.44. The predicted octanol–water partition coefficient (Wildman–Crippen LogP) is 3.95. The van der Waals surface area contributed by atoms with E-state index in [1.165, 1.54) is 6.08 Å². The molecule has 0 aliphatic heterocycles. The van der Waals surface area contributed by atoms with Gasteiger partial charge in [0.15, 0.2) is 2.14 Å². The molecule has 0 unspecified atom stereocenters. The molecule has 68 valence electrons. The molecular formula is C8H4Br3NO. The maximum Gasteiger partial charge on any atom is 0.240 e. The van der Waals surface area contributed by atoms with Crippen LogP contribution in [0, 0.1) is 0 Å². The summed E-state index contributed by atoms with van der Waals surface area (Å²) < 4.78 is -0.471. The van der Waals surface area contributed by atoms with Gasteiger partial charge in [-0.3, -0.25) is 0 Å². The van der Waals surface area contributed by atoms with Crippen LogP contribution in [0.4, 0.5) is 5.69 Å². The fraction of sp³-hybridized carbons (Fsp3) is 0.125. The lowest BCUT2D eigenvalue weighted by molar-refractivity contribution is 0.565. The van der Waals surface area contributed by atoms with Crippen LogP contribution in [0.5, 0.6) is 0 Å². The Bertz CT molecular complexity index is 353. The minimum Gasteiger partial charge on any atom is -0.211 e. The molecule has 0 saturated carbocycles. The summed E-state index contributed by atoms with van der Waals surface area (Å²) in [7, 11) is 0. The van der Waals surface area contributed by atoms with Crippen molar-refractivity contribution in [3.63, 3.8) is 0 Å². The third-order valence-electron chi connectivity index (χ3n) is 1.35. The largest absolute Gasteiger partial charge is 0.240 e. The second-order valence-corrected chi connectivity index (χ2v) is 9.01. The van der Waals surface area contributed by atoms with Crippen molar-refractivity contribution in [2.24, 2.45) is 4.99 Å². The summed E-state index contributed by atoms with van der Waals surface area (Å²) in [4.78, 5) is 13.5. The lowest BCUT2D eigenvalue weighted by Gasteiger charge is -2.11. The molecule has 0 fully saturated rings. The molecule has 2 nitrogen and oxygen atoms in total. The molecule has 0 N–H and O–H groups in total. The van der Waals surface area contributed by atoms with Crippen LogP contribution in [0.3, 0.4) is 0 Å². The molecule has 0 radical (unpaired) electrons. The van der Waals surface area contributed by atoms with Gasteiger partial charge in [-0.15, -0.1) is 0 Å². The van der Waals surface area contributed by atoms with Crippen molar-refractivity contribution < 1.29 is 4.79 Å². The predicted molar refractivity (Wildman–Crippen MR) is 62.7 cm³/mol. The van der Waals surface area contributed by atoms with Crippen LogP contribution in [-0.2, 0) is 6.94 Å². The number of carbonyl (C=O) groups excluding carboxylic acids is 1. The molecule has 1 aromatic rings. The Balaban J connectivity index is 3.12. The number of aliphatic imine (C=N–C) groups is 1. The van der Waals surface area contributed by atoms with Gasteiger partial charge in [0.1, 0.15) is 0 Å². The smallest absolute Gasteiger partial charge is 0.211 e. The van der Waals surface area contributed by atoms with E-state index in [0.29, 0.717) is 5.69 Å². The van der Waals surface area contributed by atoms with Crippen molar-refractivity contribution in [2.45, 2.75) is 2.14 Å². The molecule has 0 atom stereocenters. The van der Waals surface area contributed by atoms with E-state index in [-0.39, 0.29) is 0 Å². The lowest BCUT2D eigenvalue weighted by atomic mass is 10.2. The van der Waals surface area contributed by atoms with Gasteiger partial charge in [0.05, 0.1) is 5.69 Å². The van der Waals surface area contributed by atoms with Crippen molar-refractivity contribution >= 4 is 59.6 Å². The second-order valence-electron chi connectivity index (χ2n) is 2.25. The number of benzene rings is 1. The molecule has 5 heteroatoms. The zero-order chi connectivity index (χ0) is 9.90. The molecule has 0 amide bonds. The third-order valence-corrected chi connectivity index (χ3v) is 2.72. The first kappa shape index (κ1) is 11.1. The molecule has 0 aliphatic carbocycles. The zero-order valence-corrected chi connectivity index (χ0v) is 11.1. The van der Waals surface area contributed by atoms with Crippen LogP contribution in [-0.4, -0.2) is 6.08 Å². The van der Waals surface area contributed by atoms with E-state index in [1.807, 2.05) is 12.1 Å². The fourth-order valence-electron chi connectivity index (χ4n) is 0.804. The van der Waals surface area contributed by atoms with Gasteiger partial charge in [0.2, 0.25) is 6.08 Å². The van der Waals surface area contributed by atoms with Gasteiger partial charge < -0.3 is 0 Å². The normalized spacial score (nSPS) is 10.7. The van der Waals surface area contributed by atoms with E-state index in [0.717, 1.165) is 5.56 Å². The Morgan fingerprint density at radius 3 is 2.54 bits per heavy atom. The van der Waals surface area contributed by atoms with E-state index < -0.39 is 2.14 Å². The topological polar surface area (TPSA) is 29.4 Å². The maximum atomic E-state index is 10.0. The van der Waals surface area contributed by atoms with Crippen molar-refractivity contribution in [2.75, 3.05) is 0 Å². The average Bonchev–Trinajstić information content (AvgIpc) is 2.04. The molecule has 1 aromatic carbocycles. The highest BCUT2D eigenvalue weighted by Gasteiger charge is 2.20. The summed E-state index contributed by atoms with van der Waals surface area (Å²) in [6.07, 6.45) is 1.49. The Kier molecular flexibility index (Phi) is 3.86. The van der Waals surface area contributed by atoms with Crippen LogP contribution >= 0.6 is 47.8 Å². The highest BCUT2D eigenvalue weighted by atomic mass is 80.0. The van der Waals surface area contributed by atoms with Crippen LogP contribution < -0.4 is 0 Å². The summed E-state index contributed by atoms with van der Waals surface area (Å²) in [6, 6.07) is 7.20. The fourth-order valence-corrected chi connectivity index (χ4v) is 1.54. The van der Waals surface area contributed by atoms with E-state index in [9.17, 15) is 4.79 Å². The molecule has 1 rings (SSSR count). The monoisotopic (exact) mass is 367 g/mol. The van der Waals surface area contributed by atoms with Gasteiger partial charge in [-0.1, -0.05) is 59.9 Å². The summed E-state index contributed by atoms with van der Waals surface area (Å²) in [5.41, 5.74) is 1.50. The summed E-state index contributed by atoms with van der Waals surface area (Å²) in [5.74, 6) is 0. The number of rotatable bonds is 1. The Hall–Kier alpha value is 0.0400. The molecular weight excluding hydrogens is 366 g/mol. The van der Waals surface area contributed by atoms with Gasteiger partial charge in [-0.2, -0.15) is 4.99 Å². The van der Waals surface area contributed by atoms with Crippen molar-refractivity contribution in [3.8, 4) is 0 Å². The molecule has 0 saturated heterocycles. The van der Waals surface area contributed by atoms with E-state index >= 15 is 0 Å². The highest BCUT2D eigenvalue weighted by molar-refractivity contribution is 9.38. The van der Waals surface area contributed by atoms with Crippen LogP contribution in [0.25, 0.3) is 0 Å². The number of alkyl halides is 3. The minimum atomic E-state index is -0.471. The summed E-state index contributed by atoms with van der Waals surface area (Å²) in [5, 5.41) is 0. The third kappa shape index (κ3) is 3.35. The number of hydrogen-bond donors (Lipinski definition) is 0. The molecule has 0 heterocycles. The number of hydrogen-bond acceptors (Lipinski definition) is 2. The first-order valence-electron chi connectivity index (χ1n) is 3.29. The van der Waals surface area contributed by atoms with Crippen molar-refractivity contribution in [1.29, 1.82) is 0 Å². The van der Waals surface area contributed by atoms with E-state index in [4.69, 9.17) is 0 Å². The maximum absolute atomic E-state index is 10.0. The number of isocyanates is 1. The van der Waals surface area contributed by atoms with E-state index in [1.54, 1.807) is 12.1 Å². The molecule has 0 bridgehead atoms. The first-order valence-corrected chi connectivity index (χ1v) is 5.67. The van der Waals surface area contributed by atoms with Gasteiger partial charge in [0.25, 0.3) is 0 Å². The van der Waals surface area contributed by atoms with Gasteiger partial charge in [-0.25, -0.2) is 4.79 Å². The Morgan fingerprint density at radius 1 is 1.31 bits per heavy atom. The van der Waals surface area contributed by atoms with Crippen molar-refractivity contribution in [3.05, 3.63) is 29.8 Å². The van der Waals surface area contributed by atoms with Gasteiger partial charge in [0, 0.05) is 0 Å². The average molecular weight is 370 g/mol. The SMILES string of the molecule is O=C=Nc1cccc(C(Br)(Br)Br)c1. The molecule has 0 aromatic heterocycles. The Morgan fingerprint density at radius 2 is 2.00 bits per heavy atom. The number of nitrogens with zero attached hydrogens (tertiary/aromatic N) is 1. The standard InChI is InChI=1S/C8H4Br3NO/c9-8(10,11)6-2-1-3-7(4-6)12-5-13/h1-4H. The zero-order valence-electron chi connectivity index (χ0n) is 6.30. The number of halogens is 3. The lowest BCUT2D eigenvalue weighted by Crippen LogP contribution is -1.95. The minimum absolute atomic E-state index is 0.471. The van der Waals surface area contributed by atoms with Crippen LogP contribution in [0.15, 0.2) is 29.3 Å². The summed E-state index contributed by atoms with van der Waals surface area (Å²) >= 11 is 10.1. The quantitative estimate of drug-likeness (QED) is 0.418. The Labute approximate surface area is 101 Å².